The van der Waals surface area contributed by atoms with E-state index in [0.717, 1.165) is 13.0 Å². The molecule has 0 rings (SSSR count). The molecule has 0 saturated carbocycles. The Bertz CT molecular complexity index is 139. The Hall–Kier alpha value is -0.0800. The van der Waals surface area contributed by atoms with Gasteiger partial charge in [-0.2, -0.15) is 0 Å². The molecule has 2 unspecified atom stereocenters. The predicted octanol–water partition coefficient (Wildman–Crippen LogP) is 3.75. The van der Waals surface area contributed by atoms with E-state index in [2.05, 4.69) is 26.1 Å². The molecule has 0 bridgehead atoms. The summed E-state index contributed by atoms with van der Waals surface area (Å²) in [5, 5.41) is 3.63. The topological polar surface area (TPSA) is 21.3 Å². The lowest BCUT2D eigenvalue weighted by Gasteiger charge is -2.21. The monoisotopic (exact) mass is 229 g/mol. The van der Waals surface area contributed by atoms with Crippen LogP contribution in [0.15, 0.2) is 0 Å². The summed E-state index contributed by atoms with van der Waals surface area (Å²) >= 11 is 0. The summed E-state index contributed by atoms with van der Waals surface area (Å²) in [6.45, 7) is 7.60. The second kappa shape index (κ2) is 11.4. The molecule has 0 spiro atoms. The van der Waals surface area contributed by atoms with Crippen molar-refractivity contribution in [2.45, 2.75) is 77.8 Å². The molecule has 0 aliphatic carbocycles. The Morgan fingerprint density at radius 1 is 1.06 bits per heavy atom. The highest BCUT2D eigenvalue weighted by Gasteiger charge is 2.09. The smallest absolute Gasteiger partial charge is 0.0615 e. The van der Waals surface area contributed by atoms with Gasteiger partial charge in [-0.05, 0) is 19.8 Å². The Balaban J connectivity index is 3.44. The van der Waals surface area contributed by atoms with Crippen LogP contribution in [0.1, 0.15) is 65.7 Å². The van der Waals surface area contributed by atoms with Crippen LogP contribution in [0.25, 0.3) is 0 Å². The van der Waals surface area contributed by atoms with Crippen LogP contribution in [0.2, 0.25) is 0 Å². The Morgan fingerprint density at radius 2 is 1.75 bits per heavy atom. The Labute approximate surface area is 102 Å². The van der Waals surface area contributed by atoms with E-state index in [1.54, 1.807) is 7.11 Å². The minimum absolute atomic E-state index is 0.524. The molecular weight excluding hydrogens is 198 g/mol. The van der Waals surface area contributed by atoms with Gasteiger partial charge in [0, 0.05) is 19.2 Å². The fourth-order valence-electron chi connectivity index (χ4n) is 2.02. The molecule has 16 heavy (non-hydrogen) atoms. The summed E-state index contributed by atoms with van der Waals surface area (Å²) < 4.78 is 5.19. The highest BCUT2D eigenvalue weighted by molar-refractivity contribution is 4.69. The summed E-state index contributed by atoms with van der Waals surface area (Å²) in [6.07, 6.45) is 9.32. The van der Waals surface area contributed by atoms with Crippen molar-refractivity contribution in [3.05, 3.63) is 0 Å². The van der Waals surface area contributed by atoms with Crippen molar-refractivity contribution in [1.82, 2.24) is 5.32 Å². The van der Waals surface area contributed by atoms with Crippen molar-refractivity contribution < 1.29 is 4.74 Å². The maximum atomic E-state index is 5.19. The minimum Gasteiger partial charge on any atom is -0.383 e. The van der Waals surface area contributed by atoms with Gasteiger partial charge >= 0.3 is 0 Å². The van der Waals surface area contributed by atoms with Gasteiger partial charge in [-0.15, -0.1) is 0 Å². The average Bonchev–Trinajstić information content (AvgIpc) is 2.28. The van der Waals surface area contributed by atoms with Crippen LogP contribution in [0.5, 0.6) is 0 Å². The van der Waals surface area contributed by atoms with Crippen LogP contribution < -0.4 is 5.32 Å². The first kappa shape index (κ1) is 15.9. The zero-order chi connectivity index (χ0) is 12.2. The molecule has 2 atom stereocenters. The van der Waals surface area contributed by atoms with Crippen molar-refractivity contribution in [2.75, 3.05) is 13.7 Å². The van der Waals surface area contributed by atoms with E-state index in [-0.39, 0.29) is 0 Å². The molecule has 0 aromatic carbocycles. The molecule has 0 aliphatic rings. The Kier molecular flexibility index (Phi) is 11.3. The van der Waals surface area contributed by atoms with Crippen molar-refractivity contribution >= 4 is 0 Å². The van der Waals surface area contributed by atoms with Gasteiger partial charge in [0.15, 0.2) is 0 Å². The molecule has 2 heteroatoms. The van der Waals surface area contributed by atoms with Crippen molar-refractivity contribution in [3.8, 4) is 0 Å². The van der Waals surface area contributed by atoms with Gasteiger partial charge in [0.2, 0.25) is 0 Å². The number of hydrogen-bond acceptors (Lipinski definition) is 2. The molecule has 98 valence electrons. The summed E-state index contributed by atoms with van der Waals surface area (Å²) in [7, 11) is 1.78. The summed E-state index contributed by atoms with van der Waals surface area (Å²) in [4.78, 5) is 0. The molecule has 0 amide bonds. The molecule has 2 nitrogen and oxygen atoms in total. The Morgan fingerprint density at radius 3 is 2.31 bits per heavy atom. The summed E-state index contributed by atoms with van der Waals surface area (Å²) in [6, 6.07) is 1.15. The molecule has 0 aromatic rings. The van der Waals surface area contributed by atoms with Gasteiger partial charge in [0.25, 0.3) is 0 Å². The van der Waals surface area contributed by atoms with E-state index in [9.17, 15) is 0 Å². The van der Waals surface area contributed by atoms with E-state index in [4.69, 9.17) is 4.74 Å². The van der Waals surface area contributed by atoms with Crippen molar-refractivity contribution in [2.24, 2.45) is 0 Å². The largest absolute Gasteiger partial charge is 0.383 e. The van der Waals surface area contributed by atoms with Crippen LogP contribution in [0.3, 0.4) is 0 Å². The lowest BCUT2D eigenvalue weighted by Crippen LogP contribution is -2.39. The molecule has 0 heterocycles. The first-order valence-corrected chi connectivity index (χ1v) is 6.99. The fraction of sp³-hybridized carbons (Fsp3) is 1.00. The van der Waals surface area contributed by atoms with Crippen molar-refractivity contribution in [3.63, 3.8) is 0 Å². The van der Waals surface area contributed by atoms with Gasteiger partial charge in [0.1, 0.15) is 0 Å². The van der Waals surface area contributed by atoms with Crippen LogP contribution in [0, 0.1) is 0 Å². The van der Waals surface area contributed by atoms with E-state index < -0.39 is 0 Å². The predicted molar refractivity (Wildman–Crippen MR) is 71.9 cm³/mol. The first-order chi connectivity index (χ1) is 7.74. The summed E-state index contributed by atoms with van der Waals surface area (Å²) in [5.74, 6) is 0. The highest BCUT2D eigenvalue weighted by atomic mass is 16.5. The van der Waals surface area contributed by atoms with Gasteiger partial charge in [0.05, 0.1) is 6.61 Å². The molecule has 1 N–H and O–H groups in total. The molecule has 0 aliphatic heterocycles. The van der Waals surface area contributed by atoms with Gasteiger partial charge in [-0.1, -0.05) is 46.0 Å². The van der Waals surface area contributed by atoms with Crippen LogP contribution >= 0.6 is 0 Å². The maximum Gasteiger partial charge on any atom is 0.0615 e. The minimum atomic E-state index is 0.524. The highest BCUT2D eigenvalue weighted by Crippen LogP contribution is 2.08. The molecule has 0 saturated heterocycles. The van der Waals surface area contributed by atoms with Gasteiger partial charge in [-0.25, -0.2) is 0 Å². The third-order valence-corrected chi connectivity index (χ3v) is 3.12. The first-order valence-electron chi connectivity index (χ1n) is 6.99. The number of methoxy groups -OCH3 is 1. The van der Waals surface area contributed by atoms with Crippen molar-refractivity contribution in [1.29, 1.82) is 0 Å². The molecule has 0 aromatic heterocycles. The second-order valence-electron chi connectivity index (χ2n) is 4.83. The molecule has 0 radical (unpaired) electrons. The number of hydrogen-bond donors (Lipinski definition) is 1. The third kappa shape index (κ3) is 9.17. The SMILES string of the molecule is CCCCCCCC(C)NC(CC)COC. The van der Waals surface area contributed by atoms with Gasteiger partial charge < -0.3 is 10.1 Å². The zero-order valence-corrected chi connectivity index (χ0v) is 11.7. The summed E-state index contributed by atoms with van der Waals surface area (Å²) in [5.41, 5.74) is 0. The lowest BCUT2D eigenvalue weighted by molar-refractivity contribution is 0.158. The number of rotatable bonds is 11. The normalized spacial score (nSPS) is 15.0. The van der Waals surface area contributed by atoms with Crippen LogP contribution in [-0.2, 0) is 4.74 Å². The number of ether oxygens (including phenoxy) is 1. The van der Waals surface area contributed by atoms with E-state index in [0.29, 0.717) is 12.1 Å². The number of unbranched alkanes of at least 4 members (excludes halogenated alkanes) is 4. The second-order valence-corrected chi connectivity index (χ2v) is 4.83. The van der Waals surface area contributed by atoms with Crippen LogP contribution in [0.4, 0.5) is 0 Å². The van der Waals surface area contributed by atoms with Gasteiger partial charge in [-0.3, -0.25) is 0 Å². The lowest BCUT2D eigenvalue weighted by atomic mass is 10.1. The number of nitrogens with one attached hydrogen (secondary N) is 1. The third-order valence-electron chi connectivity index (χ3n) is 3.12. The fourth-order valence-corrected chi connectivity index (χ4v) is 2.02. The van der Waals surface area contributed by atoms with E-state index in [1.807, 2.05) is 0 Å². The quantitative estimate of drug-likeness (QED) is 0.545. The standard InChI is InChI=1S/C14H31NO/c1-5-7-8-9-10-11-13(3)15-14(6-2)12-16-4/h13-15H,5-12H2,1-4H3. The molecular formula is C14H31NO. The van der Waals surface area contributed by atoms with E-state index >= 15 is 0 Å². The average molecular weight is 229 g/mol. The van der Waals surface area contributed by atoms with E-state index in [1.165, 1.54) is 38.5 Å². The zero-order valence-electron chi connectivity index (χ0n) is 11.7. The van der Waals surface area contributed by atoms with Crippen LogP contribution in [-0.4, -0.2) is 25.8 Å². The maximum absolute atomic E-state index is 5.19. The molecule has 0 fully saturated rings.